The van der Waals surface area contributed by atoms with Crippen molar-refractivity contribution in [2.24, 2.45) is 0 Å². The molecule has 0 spiro atoms. The fourth-order valence-corrected chi connectivity index (χ4v) is 2.35. The molecule has 5 nitrogen and oxygen atoms in total. The van der Waals surface area contributed by atoms with Gasteiger partial charge < -0.3 is 9.47 Å². The molecule has 0 amide bonds. The van der Waals surface area contributed by atoms with E-state index in [1.165, 1.54) is 0 Å². The molecule has 0 N–H and O–H groups in total. The number of carbonyl (C=O) groups is 1. The van der Waals surface area contributed by atoms with Gasteiger partial charge in [-0.3, -0.25) is 0 Å². The molecule has 0 saturated carbocycles. The fraction of sp³-hybridized carbons (Fsp3) is 0.389. The Hall–Kier alpha value is -2.14. The van der Waals surface area contributed by atoms with Gasteiger partial charge in [-0.05, 0) is 51.0 Å². The molecule has 0 atom stereocenters. The van der Waals surface area contributed by atoms with E-state index in [1.54, 1.807) is 26.0 Å². The number of ether oxygens (including phenoxy) is 2. The summed E-state index contributed by atoms with van der Waals surface area (Å²) in [5.41, 5.74) is 2.18. The zero-order chi connectivity index (χ0) is 17.5. The van der Waals surface area contributed by atoms with Crippen molar-refractivity contribution in [3.8, 4) is 17.1 Å². The molecule has 1 aromatic carbocycles. The third-order valence-corrected chi connectivity index (χ3v) is 3.67. The average Bonchev–Trinajstić information content (AvgIpc) is 2.56. The Kier molecular flexibility index (Phi) is 6.55. The van der Waals surface area contributed by atoms with Crippen molar-refractivity contribution >= 4 is 17.8 Å². The summed E-state index contributed by atoms with van der Waals surface area (Å²) in [6.45, 7) is 5.88. The lowest BCUT2D eigenvalue weighted by atomic mass is 10.1. The van der Waals surface area contributed by atoms with Crippen molar-refractivity contribution in [2.45, 2.75) is 40.0 Å². The molecule has 0 unspecified atom stereocenters. The van der Waals surface area contributed by atoms with Crippen LogP contribution in [-0.4, -0.2) is 22.7 Å². The van der Waals surface area contributed by atoms with Gasteiger partial charge in [0.1, 0.15) is 0 Å². The smallest absolute Gasteiger partial charge is 0.434 e. The van der Waals surface area contributed by atoms with Crippen LogP contribution in [0.3, 0.4) is 0 Å². The third-order valence-electron chi connectivity index (χ3n) is 3.42. The van der Waals surface area contributed by atoms with Crippen LogP contribution in [0.1, 0.15) is 38.1 Å². The summed E-state index contributed by atoms with van der Waals surface area (Å²) >= 11 is 5.93. The Morgan fingerprint density at radius 3 is 2.50 bits per heavy atom. The minimum absolute atomic E-state index is 0.256. The summed E-state index contributed by atoms with van der Waals surface area (Å²) in [4.78, 5) is 20.7. The molecule has 2 aromatic rings. The highest BCUT2D eigenvalue weighted by molar-refractivity contribution is 6.30. The summed E-state index contributed by atoms with van der Waals surface area (Å²) in [6.07, 6.45) is 1.92. The molecule has 0 aliphatic carbocycles. The molecule has 128 valence electrons. The molecular formula is C18H21ClN2O3. The lowest BCUT2D eigenvalue weighted by molar-refractivity contribution is 0.103. The maximum Gasteiger partial charge on any atom is 0.513 e. The van der Waals surface area contributed by atoms with Gasteiger partial charge in [-0.25, -0.2) is 14.8 Å². The van der Waals surface area contributed by atoms with Crippen LogP contribution in [0, 0.1) is 6.92 Å². The quantitative estimate of drug-likeness (QED) is 0.688. The highest BCUT2D eigenvalue weighted by atomic mass is 35.5. The summed E-state index contributed by atoms with van der Waals surface area (Å²) in [6, 6.07) is 7.33. The minimum Gasteiger partial charge on any atom is -0.434 e. The van der Waals surface area contributed by atoms with E-state index in [4.69, 9.17) is 21.1 Å². The average molecular weight is 349 g/mol. The molecule has 1 aromatic heterocycles. The van der Waals surface area contributed by atoms with Crippen LogP contribution in [0.4, 0.5) is 4.79 Å². The van der Waals surface area contributed by atoms with Crippen LogP contribution >= 0.6 is 11.6 Å². The highest BCUT2D eigenvalue weighted by Crippen LogP contribution is 2.27. The van der Waals surface area contributed by atoms with Crippen LogP contribution in [-0.2, 0) is 11.2 Å². The molecular weight excluding hydrogens is 328 g/mol. The molecule has 0 aliphatic rings. The van der Waals surface area contributed by atoms with E-state index in [-0.39, 0.29) is 6.61 Å². The number of rotatable bonds is 6. The number of nitrogens with zero attached hydrogens (tertiary/aromatic N) is 2. The van der Waals surface area contributed by atoms with Gasteiger partial charge in [-0.15, -0.1) is 0 Å². The van der Waals surface area contributed by atoms with Crippen LogP contribution in [0.5, 0.6) is 5.75 Å². The first-order valence-electron chi connectivity index (χ1n) is 8.03. The maximum atomic E-state index is 11.7. The van der Waals surface area contributed by atoms with E-state index >= 15 is 0 Å². The topological polar surface area (TPSA) is 61.3 Å². The van der Waals surface area contributed by atoms with E-state index in [1.807, 2.05) is 12.1 Å². The maximum absolute atomic E-state index is 11.7. The molecule has 2 rings (SSSR count). The first-order chi connectivity index (χ1) is 11.5. The van der Waals surface area contributed by atoms with Gasteiger partial charge >= 0.3 is 6.16 Å². The van der Waals surface area contributed by atoms with Crippen LogP contribution in [0.15, 0.2) is 24.3 Å². The predicted molar refractivity (Wildman–Crippen MR) is 93.5 cm³/mol. The van der Waals surface area contributed by atoms with Crippen molar-refractivity contribution in [1.82, 2.24) is 9.97 Å². The largest absolute Gasteiger partial charge is 0.513 e. The zero-order valence-corrected chi connectivity index (χ0v) is 14.9. The molecule has 0 radical (unpaired) electrons. The Balaban J connectivity index is 2.40. The van der Waals surface area contributed by atoms with Gasteiger partial charge in [0, 0.05) is 10.6 Å². The van der Waals surface area contributed by atoms with Crippen molar-refractivity contribution in [1.29, 1.82) is 0 Å². The Morgan fingerprint density at radius 1 is 1.17 bits per heavy atom. The molecule has 0 bridgehead atoms. The first kappa shape index (κ1) is 18.2. The van der Waals surface area contributed by atoms with Crippen molar-refractivity contribution in [3.05, 3.63) is 40.7 Å². The third kappa shape index (κ3) is 4.68. The number of unbranched alkanes of at least 4 members (excludes halogenated alkanes) is 1. The van der Waals surface area contributed by atoms with Crippen LogP contribution < -0.4 is 4.74 Å². The number of aryl methyl sites for hydroxylation is 2. The van der Waals surface area contributed by atoms with Gasteiger partial charge in [0.25, 0.3) is 0 Å². The second-order valence-corrected chi connectivity index (χ2v) is 5.74. The fourth-order valence-electron chi connectivity index (χ4n) is 2.23. The number of hydrogen-bond donors (Lipinski definition) is 0. The van der Waals surface area contributed by atoms with Gasteiger partial charge in [0.2, 0.25) is 0 Å². The van der Waals surface area contributed by atoms with Crippen LogP contribution in [0.2, 0.25) is 5.02 Å². The molecule has 6 heteroatoms. The Bertz CT molecular complexity index is 702. The number of aromatic nitrogens is 2. The molecule has 0 fully saturated rings. The lowest BCUT2D eigenvalue weighted by Gasteiger charge is -2.13. The van der Waals surface area contributed by atoms with Crippen molar-refractivity contribution < 1.29 is 14.3 Å². The summed E-state index contributed by atoms with van der Waals surface area (Å²) in [7, 11) is 0. The summed E-state index contributed by atoms with van der Waals surface area (Å²) in [5.74, 6) is 0.978. The second-order valence-electron chi connectivity index (χ2n) is 5.30. The highest BCUT2D eigenvalue weighted by Gasteiger charge is 2.17. The Morgan fingerprint density at radius 2 is 1.88 bits per heavy atom. The van der Waals surface area contributed by atoms with Gasteiger partial charge in [-0.2, -0.15) is 0 Å². The number of benzene rings is 1. The minimum atomic E-state index is -0.735. The Labute approximate surface area is 147 Å². The van der Waals surface area contributed by atoms with E-state index in [2.05, 4.69) is 16.9 Å². The number of carbonyl (C=O) groups excluding carboxylic acids is 1. The second kappa shape index (κ2) is 8.64. The van der Waals surface area contributed by atoms with E-state index in [0.29, 0.717) is 34.4 Å². The summed E-state index contributed by atoms with van der Waals surface area (Å²) < 4.78 is 10.2. The van der Waals surface area contributed by atoms with E-state index < -0.39 is 6.16 Å². The van der Waals surface area contributed by atoms with Crippen LogP contribution in [0.25, 0.3) is 11.4 Å². The molecule has 0 saturated heterocycles. The van der Waals surface area contributed by atoms with Gasteiger partial charge in [0.15, 0.2) is 11.6 Å². The van der Waals surface area contributed by atoms with Crippen molar-refractivity contribution in [2.75, 3.05) is 6.61 Å². The lowest BCUT2D eigenvalue weighted by Crippen LogP contribution is -2.14. The normalized spacial score (nSPS) is 10.5. The van der Waals surface area contributed by atoms with E-state index in [0.717, 1.165) is 18.4 Å². The van der Waals surface area contributed by atoms with E-state index in [9.17, 15) is 4.79 Å². The van der Waals surface area contributed by atoms with Crippen molar-refractivity contribution in [3.63, 3.8) is 0 Å². The molecule has 0 aliphatic heterocycles. The van der Waals surface area contributed by atoms with Gasteiger partial charge in [0.05, 0.1) is 18.0 Å². The SMILES string of the molecule is CCCCc1nc(-c2ccc(Cl)cc2)nc(C)c1OC(=O)OCC. The predicted octanol–water partition coefficient (Wildman–Crippen LogP) is 4.98. The number of hydrogen-bond acceptors (Lipinski definition) is 5. The summed E-state index contributed by atoms with van der Waals surface area (Å²) in [5, 5.41) is 0.656. The monoisotopic (exact) mass is 348 g/mol. The number of halogens is 1. The standard InChI is InChI=1S/C18H21ClN2O3/c1-4-6-7-15-16(24-18(22)23-5-2)12(3)20-17(21-15)13-8-10-14(19)11-9-13/h8-11H,4-7H2,1-3H3. The zero-order valence-electron chi connectivity index (χ0n) is 14.1. The molecule has 24 heavy (non-hydrogen) atoms. The molecule has 1 heterocycles. The van der Waals surface area contributed by atoms with Gasteiger partial charge in [-0.1, -0.05) is 24.9 Å². The first-order valence-corrected chi connectivity index (χ1v) is 8.41.